The van der Waals surface area contributed by atoms with E-state index in [1.54, 1.807) is 0 Å². The van der Waals surface area contributed by atoms with Gasteiger partial charge in [-0.1, -0.05) is 0 Å². The van der Waals surface area contributed by atoms with Gasteiger partial charge in [-0.3, -0.25) is 9.36 Å². The molecule has 0 aromatic carbocycles. The number of aromatic nitrogens is 4. The van der Waals surface area contributed by atoms with Crippen LogP contribution in [0.2, 0.25) is 0 Å². The highest BCUT2D eigenvalue weighted by molar-refractivity contribution is 5.68. The van der Waals surface area contributed by atoms with Crippen LogP contribution >= 0.6 is 0 Å². The molecule has 4 N–H and O–H groups in total. The Kier molecular flexibility index (Phi) is 2.82. The molecule has 1 unspecified atom stereocenters. The minimum atomic E-state index is -1.24. The molecular formula is C10H12N4O5. The second kappa shape index (κ2) is 4.38. The fraction of sp³-hybridized carbons (Fsp3) is 0.500. The number of fused-ring (bicyclic) bond motifs is 1. The summed E-state index contributed by atoms with van der Waals surface area (Å²) in [7, 11) is 0. The Balaban J connectivity index is 2.06. The van der Waals surface area contributed by atoms with E-state index < -0.39 is 36.7 Å². The van der Waals surface area contributed by atoms with Gasteiger partial charge in [-0.25, -0.2) is 9.97 Å². The van der Waals surface area contributed by atoms with Gasteiger partial charge >= 0.3 is 0 Å². The first-order chi connectivity index (χ1) is 9.13. The van der Waals surface area contributed by atoms with E-state index in [-0.39, 0.29) is 11.2 Å². The largest absolute Gasteiger partial charge is 0.394 e. The molecule has 0 bridgehead atoms. The van der Waals surface area contributed by atoms with E-state index in [1.165, 1.54) is 17.2 Å². The standard InChI is InChI=1S/C10H12N4O5/c15-1-4-6(16)7(17)10(19-4)14-3-13-5-8(14)11-2-12-9(5)18/h2-4,6-7,10,15-17H,1H2,(H,11,12,18)/t4-,6-,7?,10+/m0/s1. The van der Waals surface area contributed by atoms with Crippen LogP contribution < -0.4 is 5.56 Å². The third kappa shape index (κ3) is 1.75. The van der Waals surface area contributed by atoms with Crippen LogP contribution in [0.3, 0.4) is 0 Å². The second-order valence-corrected chi connectivity index (χ2v) is 4.28. The van der Waals surface area contributed by atoms with Crippen molar-refractivity contribution in [2.24, 2.45) is 0 Å². The van der Waals surface area contributed by atoms with Crippen LogP contribution in [0.5, 0.6) is 0 Å². The molecule has 1 aliphatic rings. The van der Waals surface area contributed by atoms with Crippen molar-refractivity contribution < 1.29 is 20.1 Å². The molecule has 2 aromatic rings. The summed E-state index contributed by atoms with van der Waals surface area (Å²) >= 11 is 0. The lowest BCUT2D eigenvalue weighted by Gasteiger charge is -2.16. The van der Waals surface area contributed by atoms with Crippen molar-refractivity contribution in [1.29, 1.82) is 0 Å². The van der Waals surface area contributed by atoms with Gasteiger partial charge in [-0.2, -0.15) is 0 Å². The molecule has 1 fully saturated rings. The molecule has 9 heteroatoms. The molecular weight excluding hydrogens is 256 g/mol. The van der Waals surface area contributed by atoms with Crippen LogP contribution in [-0.2, 0) is 4.74 Å². The van der Waals surface area contributed by atoms with Gasteiger partial charge in [0.25, 0.3) is 5.56 Å². The first kappa shape index (κ1) is 12.2. The minimum absolute atomic E-state index is 0.111. The number of aromatic amines is 1. The highest BCUT2D eigenvalue weighted by atomic mass is 16.6. The van der Waals surface area contributed by atoms with Crippen LogP contribution in [0.15, 0.2) is 17.4 Å². The van der Waals surface area contributed by atoms with Crippen LogP contribution in [0.4, 0.5) is 0 Å². The average Bonchev–Trinajstić information content (AvgIpc) is 2.94. The Hall–Kier alpha value is -1.81. The van der Waals surface area contributed by atoms with Gasteiger partial charge in [0.2, 0.25) is 0 Å². The quantitative estimate of drug-likeness (QED) is 0.482. The van der Waals surface area contributed by atoms with E-state index in [1.807, 2.05) is 0 Å². The fourth-order valence-electron chi connectivity index (χ4n) is 2.16. The maximum Gasteiger partial charge on any atom is 0.278 e. The summed E-state index contributed by atoms with van der Waals surface area (Å²) in [6.07, 6.45) is -1.78. The zero-order chi connectivity index (χ0) is 13.6. The minimum Gasteiger partial charge on any atom is -0.394 e. The van der Waals surface area contributed by atoms with Crippen LogP contribution in [-0.4, -0.2) is 59.8 Å². The van der Waals surface area contributed by atoms with Crippen LogP contribution in [0.25, 0.3) is 11.2 Å². The molecule has 0 aliphatic carbocycles. The van der Waals surface area contributed by atoms with E-state index in [0.29, 0.717) is 0 Å². The van der Waals surface area contributed by atoms with Gasteiger partial charge < -0.3 is 25.0 Å². The molecule has 4 atom stereocenters. The lowest BCUT2D eigenvalue weighted by atomic mass is 10.1. The molecule has 0 radical (unpaired) electrons. The molecule has 0 amide bonds. The van der Waals surface area contributed by atoms with Crippen molar-refractivity contribution >= 4 is 11.2 Å². The zero-order valence-corrected chi connectivity index (χ0v) is 9.67. The number of imidazole rings is 1. The number of nitrogens with one attached hydrogen (secondary N) is 1. The Labute approximate surface area is 106 Å². The van der Waals surface area contributed by atoms with Gasteiger partial charge in [0.15, 0.2) is 17.4 Å². The third-order valence-electron chi connectivity index (χ3n) is 3.16. The summed E-state index contributed by atoms with van der Waals surface area (Å²) in [5, 5.41) is 28.6. The van der Waals surface area contributed by atoms with Gasteiger partial charge in [-0.05, 0) is 0 Å². The van der Waals surface area contributed by atoms with E-state index in [4.69, 9.17) is 9.84 Å². The highest BCUT2D eigenvalue weighted by Gasteiger charge is 2.43. The van der Waals surface area contributed by atoms with Gasteiger partial charge in [0.05, 0.1) is 19.3 Å². The summed E-state index contributed by atoms with van der Waals surface area (Å²) in [5.74, 6) is 0. The average molecular weight is 268 g/mol. The molecule has 3 rings (SSSR count). The monoisotopic (exact) mass is 268 g/mol. The first-order valence-corrected chi connectivity index (χ1v) is 5.66. The van der Waals surface area contributed by atoms with Gasteiger partial charge in [-0.15, -0.1) is 0 Å². The number of ether oxygens (including phenoxy) is 1. The van der Waals surface area contributed by atoms with E-state index in [9.17, 15) is 15.0 Å². The van der Waals surface area contributed by atoms with Crippen molar-refractivity contribution in [2.45, 2.75) is 24.5 Å². The normalized spacial score (nSPS) is 31.1. The number of rotatable bonds is 2. The van der Waals surface area contributed by atoms with Crippen molar-refractivity contribution in [2.75, 3.05) is 6.61 Å². The fourth-order valence-corrected chi connectivity index (χ4v) is 2.16. The summed E-state index contributed by atoms with van der Waals surface area (Å²) < 4.78 is 6.70. The van der Waals surface area contributed by atoms with E-state index >= 15 is 0 Å². The predicted octanol–water partition coefficient (Wildman–Crippen LogP) is -2.27. The van der Waals surface area contributed by atoms with Crippen molar-refractivity contribution in [3.63, 3.8) is 0 Å². The molecule has 3 heterocycles. The number of aliphatic hydroxyl groups excluding tert-OH is 3. The molecule has 1 saturated heterocycles. The Morgan fingerprint density at radius 3 is 2.84 bits per heavy atom. The van der Waals surface area contributed by atoms with Crippen LogP contribution in [0.1, 0.15) is 6.23 Å². The topological polar surface area (TPSA) is 133 Å². The SMILES string of the molecule is O=c1[nH]cnc2c1ncn2[C@@H]1O[C@@H](CO)[C@H](O)C1O. The number of aliphatic hydroxyl groups is 3. The molecule has 2 aromatic heterocycles. The zero-order valence-electron chi connectivity index (χ0n) is 9.67. The van der Waals surface area contributed by atoms with Crippen molar-refractivity contribution in [3.8, 4) is 0 Å². The number of hydrogen-bond acceptors (Lipinski definition) is 7. The molecule has 0 saturated carbocycles. The van der Waals surface area contributed by atoms with Gasteiger partial charge in [0, 0.05) is 0 Å². The number of hydrogen-bond donors (Lipinski definition) is 4. The van der Waals surface area contributed by atoms with E-state index in [0.717, 1.165) is 0 Å². The third-order valence-corrected chi connectivity index (χ3v) is 3.16. The lowest BCUT2D eigenvalue weighted by Crippen LogP contribution is -2.33. The highest BCUT2D eigenvalue weighted by Crippen LogP contribution is 2.30. The Bertz CT molecular complexity index is 653. The van der Waals surface area contributed by atoms with Crippen molar-refractivity contribution in [1.82, 2.24) is 19.5 Å². The Morgan fingerprint density at radius 2 is 2.16 bits per heavy atom. The summed E-state index contributed by atoms with van der Waals surface area (Å²) in [4.78, 5) is 21.8. The van der Waals surface area contributed by atoms with E-state index in [2.05, 4.69) is 15.0 Å². The summed E-state index contributed by atoms with van der Waals surface area (Å²) in [6, 6.07) is 0. The molecule has 0 spiro atoms. The first-order valence-electron chi connectivity index (χ1n) is 5.66. The van der Waals surface area contributed by atoms with Crippen molar-refractivity contribution in [3.05, 3.63) is 23.0 Å². The molecule has 19 heavy (non-hydrogen) atoms. The lowest BCUT2D eigenvalue weighted by molar-refractivity contribution is -0.0511. The maximum atomic E-state index is 11.5. The smallest absolute Gasteiger partial charge is 0.278 e. The molecule has 102 valence electrons. The van der Waals surface area contributed by atoms with Gasteiger partial charge in [0.1, 0.15) is 18.3 Å². The summed E-state index contributed by atoms with van der Waals surface area (Å²) in [6.45, 7) is -0.421. The maximum absolute atomic E-state index is 11.5. The number of nitrogens with zero attached hydrogens (tertiary/aromatic N) is 3. The molecule has 9 nitrogen and oxygen atoms in total. The van der Waals surface area contributed by atoms with Crippen LogP contribution in [0, 0.1) is 0 Å². The molecule has 1 aliphatic heterocycles. The predicted molar refractivity (Wildman–Crippen MR) is 61.2 cm³/mol. The summed E-state index contributed by atoms with van der Waals surface area (Å²) in [5.41, 5.74) is -0.0608. The second-order valence-electron chi connectivity index (χ2n) is 4.28. The Morgan fingerprint density at radius 1 is 1.37 bits per heavy atom. The number of H-pyrrole nitrogens is 1.